The van der Waals surface area contributed by atoms with Crippen LogP contribution in [0, 0.1) is 5.82 Å². The smallest absolute Gasteiger partial charge is 0.270 e. The summed E-state index contributed by atoms with van der Waals surface area (Å²) in [6, 6.07) is 6.62. The number of hydrogen-bond donors (Lipinski definition) is 2. The van der Waals surface area contributed by atoms with Gasteiger partial charge < -0.3 is 20.4 Å². The molecule has 1 atom stereocenters. The number of pyridine rings is 1. The summed E-state index contributed by atoms with van der Waals surface area (Å²) in [5.41, 5.74) is 6.26. The van der Waals surface area contributed by atoms with Gasteiger partial charge >= 0.3 is 0 Å². The van der Waals surface area contributed by atoms with Gasteiger partial charge in [-0.1, -0.05) is 17.7 Å². The summed E-state index contributed by atoms with van der Waals surface area (Å²) < 4.78 is 21.6. The molecule has 28 heavy (non-hydrogen) atoms. The molecule has 3 N–H and O–H groups in total. The Morgan fingerprint density at radius 2 is 2.18 bits per heavy atom. The number of carbonyl (C=O) groups excluding carboxylic acids is 2. The summed E-state index contributed by atoms with van der Waals surface area (Å²) in [4.78, 5) is 27.9. The van der Waals surface area contributed by atoms with E-state index in [2.05, 4.69) is 10.3 Å². The number of nitrogens with one attached hydrogen (secondary N) is 1. The van der Waals surface area contributed by atoms with Gasteiger partial charge in [-0.05, 0) is 18.2 Å². The normalized spacial score (nSPS) is 15.8. The van der Waals surface area contributed by atoms with Gasteiger partial charge in [0.25, 0.3) is 11.8 Å². The van der Waals surface area contributed by atoms with Crippen molar-refractivity contribution in [1.29, 1.82) is 0 Å². The number of fused-ring (bicyclic) bond motifs is 2. The average Bonchev–Trinajstić information content (AvgIpc) is 2.98. The molecule has 2 aromatic heterocycles. The van der Waals surface area contributed by atoms with E-state index in [1.54, 1.807) is 29.8 Å². The van der Waals surface area contributed by atoms with Crippen LogP contribution in [0.2, 0.25) is 5.02 Å². The van der Waals surface area contributed by atoms with E-state index in [0.717, 1.165) is 10.9 Å². The number of halogens is 2. The van der Waals surface area contributed by atoms with Gasteiger partial charge in [-0.3, -0.25) is 9.59 Å². The minimum Gasteiger partial charge on any atom is -0.490 e. The van der Waals surface area contributed by atoms with Crippen molar-refractivity contribution in [3.05, 3.63) is 58.3 Å². The highest BCUT2D eigenvalue weighted by Gasteiger charge is 2.30. The lowest BCUT2D eigenvalue weighted by Gasteiger charge is -2.27. The Bertz CT molecular complexity index is 1130. The molecular formula is C19H16ClFN4O3. The summed E-state index contributed by atoms with van der Waals surface area (Å²) in [6.45, 7) is 0.182. The second-order valence-electron chi connectivity index (χ2n) is 6.52. The molecule has 1 aliphatic heterocycles. The summed E-state index contributed by atoms with van der Waals surface area (Å²) in [7, 11) is 1.77. The van der Waals surface area contributed by atoms with Crippen molar-refractivity contribution >= 4 is 34.3 Å². The summed E-state index contributed by atoms with van der Waals surface area (Å²) in [5, 5.41) is 4.34. The van der Waals surface area contributed by atoms with Crippen LogP contribution in [0.4, 0.5) is 4.39 Å². The van der Waals surface area contributed by atoms with Crippen LogP contribution in [0.5, 0.6) is 5.75 Å². The number of benzene rings is 1. The number of hydrogen-bond acceptors (Lipinski definition) is 4. The van der Waals surface area contributed by atoms with E-state index in [0.29, 0.717) is 22.7 Å². The van der Waals surface area contributed by atoms with E-state index in [9.17, 15) is 14.0 Å². The minimum atomic E-state index is -0.982. The molecule has 2 amide bonds. The van der Waals surface area contributed by atoms with Crippen molar-refractivity contribution in [3.8, 4) is 5.75 Å². The van der Waals surface area contributed by atoms with Crippen LogP contribution in [0.25, 0.3) is 10.9 Å². The maximum absolute atomic E-state index is 14.5. The molecule has 0 spiro atoms. The molecule has 7 nitrogen and oxygen atoms in total. The highest BCUT2D eigenvalue weighted by Crippen LogP contribution is 2.35. The number of aromatic nitrogens is 2. The van der Waals surface area contributed by atoms with Crippen LogP contribution >= 0.6 is 11.6 Å². The van der Waals surface area contributed by atoms with Crippen molar-refractivity contribution < 1.29 is 18.7 Å². The van der Waals surface area contributed by atoms with Crippen molar-refractivity contribution in [2.75, 3.05) is 6.61 Å². The molecule has 3 heterocycles. The van der Waals surface area contributed by atoms with E-state index >= 15 is 0 Å². The second-order valence-corrected chi connectivity index (χ2v) is 6.96. The van der Waals surface area contributed by atoms with Crippen molar-refractivity contribution in [1.82, 2.24) is 14.9 Å². The van der Waals surface area contributed by atoms with Gasteiger partial charge in [-0.25, -0.2) is 9.37 Å². The SMILES string of the molecule is Cn1c(C(=O)N[C@H]2CCOc3c2cnc(C(N)=O)c3F)cc2ccc(Cl)cc21. The Balaban J connectivity index is 1.66. The van der Waals surface area contributed by atoms with Gasteiger partial charge in [0.15, 0.2) is 17.3 Å². The first-order valence-corrected chi connectivity index (χ1v) is 8.91. The first-order chi connectivity index (χ1) is 13.4. The molecule has 0 aliphatic carbocycles. The zero-order valence-electron chi connectivity index (χ0n) is 14.8. The third kappa shape index (κ3) is 2.95. The minimum absolute atomic E-state index is 0.107. The van der Waals surface area contributed by atoms with Gasteiger partial charge in [0, 0.05) is 41.2 Å². The number of aryl methyl sites for hydroxylation is 1. The maximum atomic E-state index is 14.5. The van der Waals surface area contributed by atoms with Crippen LogP contribution in [0.3, 0.4) is 0 Å². The van der Waals surface area contributed by atoms with Crippen molar-refractivity contribution in [2.45, 2.75) is 12.5 Å². The molecule has 0 saturated heterocycles. The van der Waals surface area contributed by atoms with Gasteiger partial charge in [0.05, 0.1) is 12.6 Å². The first kappa shape index (κ1) is 18.2. The number of amides is 2. The fraction of sp³-hybridized carbons (Fsp3) is 0.211. The van der Waals surface area contributed by atoms with Crippen LogP contribution in [0.1, 0.15) is 39.0 Å². The Labute approximate surface area is 164 Å². The number of nitrogens with two attached hydrogens (primary N) is 1. The standard InChI is InChI=1S/C19H16ClFN4O3/c1-25-13-7-10(20)3-2-9(13)6-14(25)19(27)24-12-4-5-28-17-11(12)8-23-16(15(17)21)18(22)26/h2-3,6-8,12H,4-5H2,1H3,(H2,22,26)(H,24,27)/t12-/m0/s1. The fourth-order valence-corrected chi connectivity index (χ4v) is 3.55. The van der Waals surface area contributed by atoms with Crippen LogP contribution in [0.15, 0.2) is 30.5 Å². The molecule has 9 heteroatoms. The number of ether oxygens (including phenoxy) is 1. The Hall–Kier alpha value is -3.13. The van der Waals surface area contributed by atoms with E-state index in [4.69, 9.17) is 22.1 Å². The topological polar surface area (TPSA) is 99.2 Å². The third-order valence-corrected chi connectivity index (χ3v) is 5.04. The van der Waals surface area contributed by atoms with E-state index in [-0.39, 0.29) is 18.3 Å². The highest BCUT2D eigenvalue weighted by molar-refractivity contribution is 6.31. The highest BCUT2D eigenvalue weighted by atomic mass is 35.5. The van der Waals surface area contributed by atoms with E-state index in [1.807, 2.05) is 6.07 Å². The predicted molar refractivity (Wildman–Crippen MR) is 101 cm³/mol. The Kier molecular flexibility index (Phi) is 4.43. The molecule has 0 bridgehead atoms. The van der Waals surface area contributed by atoms with Gasteiger partial charge in [-0.15, -0.1) is 0 Å². The molecule has 0 saturated carbocycles. The summed E-state index contributed by atoms with van der Waals surface area (Å²) in [6.07, 6.45) is 1.75. The van der Waals surface area contributed by atoms with Crippen LogP contribution in [-0.2, 0) is 7.05 Å². The first-order valence-electron chi connectivity index (χ1n) is 8.53. The number of primary amides is 1. The lowest BCUT2D eigenvalue weighted by Crippen LogP contribution is -2.34. The largest absolute Gasteiger partial charge is 0.490 e. The third-order valence-electron chi connectivity index (χ3n) is 4.81. The Morgan fingerprint density at radius 1 is 1.39 bits per heavy atom. The molecule has 0 unspecified atom stereocenters. The number of carbonyl (C=O) groups is 2. The van der Waals surface area contributed by atoms with Crippen LogP contribution in [-0.4, -0.2) is 28.0 Å². The molecule has 144 valence electrons. The van der Waals surface area contributed by atoms with Crippen molar-refractivity contribution in [3.63, 3.8) is 0 Å². The van der Waals surface area contributed by atoms with Gasteiger partial charge in [0.1, 0.15) is 5.69 Å². The molecule has 1 aliphatic rings. The maximum Gasteiger partial charge on any atom is 0.270 e. The Morgan fingerprint density at radius 3 is 2.93 bits per heavy atom. The zero-order chi connectivity index (χ0) is 20.0. The molecular weight excluding hydrogens is 387 g/mol. The van der Waals surface area contributed by atoms with Gasteiger partial charge in [0.2, 0.25) is 0 Å². The van der Waals surface area contributed by atoms with Gasteiger partial charge in [-0.2, -0.15) is 0 Å². The fourth-order valence-electron chi connectivity index (χ4n) is 3.39. The molecule has 0 fully saturated rings. The quantitative estimate of drug-likeness (QED) is 0.703. The van der Waals surface area contributed by atoms with E-state index in [1.165, 1.54) is 6.20 Å². The summed E-state index contributed by atoms with van der Waals surface area (Å²) in [5.74, 6) is -2.33. The molecule has 1 aromatic carbocycles. The van der Waals surface area contributed by atoms with E-state index < -0.39 is 23.5 Å². The number of nitrogens with zero attached hydrogens (tertiary/aromatic N) is 2. The number of rotatable bonds is 3. The lowest BCUT2D eigenvalue weighted by molar-refractivity contribution is 0.0912. The molecule has 4 rings (SSSR count). The monoisotopic (exact) mass is 402 g/mol. The zero-order valence-corrected chi connectivity index (χ0v) is 15.6. The molecule has 3 aromatic rings. The summed E-state index contributed by atoms with van der Waals surface area (Å²) >= 11 is 6.04. The van der Waals surface area contributed by atoms with Crippen LogP contribution < -0.4 is 15.8 Å². The van der Waals surface area contributed by atoms with Crippen molar-refractivity contribution in [2.24, 2.45) is 12.8 Å². The molecule has 0 radical (unpaired) electrons. The predicted octanol–water partition coefficient (Wildman–Crippen LogP) is 2.72. The lowest BCUT2D eigenvalue weighted by atomic mass is 10.0. The average molecular weight is 403 g/mol. The second kappa shape index (κ2) is 6.79.